The SMILES string of the molecule is Fc1cccc(Cl)c1[C@H]1C[C@@H](c2ccc(Cl)cc2Cl)Nc2ncnn21. The van der Waals surface area contributed by atoms with Crippen LogP contribution in [-0.2, 0) is 0 Å². The molecule has 0 fully saturated rings. The molecule has 1 N–H and O–H groups in total. The number of anilines is 1. The van der Waals surface area contributed by atoms with E-state index in [1.807, 2.05) is 6.07 Å². The molecule has 3 aromatic rings. The number of halogens is 4. The van der Waals surface area contributed by atoms with E-state index in [1.54, 1.807) is 28.9 Å². The predicted molar refractivity (Wildman–Crippen MR) is 97.0 cm³/mol. The molecule has 25 heavy (non-hydrogen) atoms. The van der Waals surface area contributed by atoms with Gasteiger partial charge in [0.05, 0.1) is 12.1 Å². The number of nitrogens with zero attached hydrogens (tertiary/aromatic N) is 3. The van der Waals surface area contributed by atoms with E-state index >= 15 is 0 Å². The Labute approximate surface area is 158 Å². The molecule has 0 aliphatic carbocycles. The summed E-state index contributed by atoms with van der Waals surface area (Å²) in [5.41, 5.74) is 1.25. The largest absolute Gasteiger partial charge is 0.347 e. The molecule has 1 aliphatic heterocycles. The van der Waals surface area contributed by atoms with E-state index in [0.29, 0.717) is 33.0 Å². The zero-order valence-corrected chi connectivity index (χ0v) is 15.0. The second-order valence-electron chi connectivity index (χ2n) is 5.78. The maximum Gasteiger partial charge on any atom is 0.222 e. The standard InChI is InChI=1S/C17H12Cl3FN4/c18-9-4-5-10(12(20)6-9)14-7-15(25-17(24-14)22-8-23-25)16-11(19)2-1-3-13(16)21/h1-6,8,14-15H,7H2,(H,22,23,24)/t14-,15+/m0/s1. The predicted octanol–water partition coefficient (Wildman–Crippen LogP) is 5.52. The van der Waals surface area contributed by atoms with Gasteiger partial charge in [0, 0.05) is 20.6 Å². The Hall–Kier alpha value is -1.82. The van der Waals surface area contributed by atoms with Gasteiger partial charge < -0.3 is 5.32 Å². The van der Waals surface area contributed by atoms with Gasteiger partial charge in [-0.15, -0.1) is 0 Å². The molecule has 0 saturated carbocycles. The van der Waals surface area contributed by atoms with Gasteiger partial charge in [-0.05, 0) is 36.2 Å². The van der Waals surface area contributed by atoms with E-state index < -0.39 is 6.04 Å². The molecule has 8 heteroatoms. The minimum Gasteiger partial charge on any atom is -0.347 e. The Kier molecular flexibility index (Phi) is 4.31. The van der Waals surface area contributed by atoms with Crippen LogP contribution in [0.2, 0.25) is 15.1 Å². The van der Waals surface area contributed by atoms with E-state index in [9.17, 15) is 4.39 Å². The summed E-state index contributed by atoms with van der Waals surface area (Å²) in [5, 5.41) is 8.96. The van der Waals surface area contributed by atoms with Gasteiger partial charge in [0.25, 0.3) is 0 Å². The first-order valence-corrected chi connectivity index (χ1v) is 8.73. The number of fused-ring (bicyclic) bond motifs is 1. The summed E-state index contributed by atoms with van der Waals surface area (Å²) in [6, 6.07) is 9.38. The van der Waals surface area contributed by atoms with Gasteiger partial charge in [0.2, 0.25) is 5.95 Å². The zero-order valence-electron chi connectivity index (χ0n) is 12.8. The molecule has 2 aromatic carbocycles. The van der Waals surface area contributed by atoms with Crippen molar-refractivity contribution in [3.63, 3.8) is 0 Å². The van der Waals surface area contributed by atoms with Gasteiger partial charge in [-0.1, -0.05) is 46.9 Å². The van der Waals surface area contributed by atoms with Crippen molar-refractivity contribution in [2.24, 2.45) is 0 Å². The van der Waals surface area contributed by atoms with E-state index in [4.69, 9.17) is 34.8 Å². The molecular weight excluding hydrogens is 386 g/mol. The van der Waals surface area contributed by atoms with Gasteiger partial charge in [0.1, 0.15) is 12.1 Å². The summed E-state index contributed by atoms with van der Waals surface area (Å²) >= 11 is 18.6. The lowest BCUT2D eigenvalue weighted by Crippen LogP contribution is -2.29. The summed E-state index contributed by atoms with van der Waals surface area (Å²) in [5.74, 6) is 0.161. The molecule has 0 saturated heterocycles. The fraction of sp³-hybridized carbons (Fsp3) is 0.176. The molecule has 2 heterocycles. The molecule has 0 amide bonds. The van der Waals surface area contributed by atoms with Gasteiger partial charge in [-0.2, -0.15) is 10.1 Å². The molecule has 0 radical (unpaired) electrons. The minimum absolute atomic E-state index is 0.179. The summed E-state index contributed by atoms with van der Waals surface area (Å²) in [7, 11) is 0. The van der Waals surface area contributed by atoms with Crippen molar-refractivity contribution in [3.8, 4) is 0 Å². The van der Waals surface area contributed by atoms with E-state index in [0.717, 1.165) is 5.56 Å². The van der Waals surface area contributed by atoms with Crippen LogP contribution in [0, 0.1) is 5.82 Å². The van der Waals surface area contributed by atoms with Gasteiger partial charge in [-0.25, -0.2) is 9.07 Å². The number of hydrogen-bond acceptors (Lipinski definition) is 3. The van der Waals surface area contributed by atoms with Crippen molar-refractivity contribution in [2.75, 3.05) is 5.32 Å². The second-order valence-corrected chi connectivity index (χ2v) is 7.03. The van der Waals surface area contributed by atoms with Crippen LogP contribution in [0.4, 0.5) is 10.3 Å². The number of nitrogens with one attached hydrogen (secondary N) is 1. The van der Waals surface area contributed by atoms with Crippen LogP contribution in [0.25, 0.3) is 0 Å². The quantitative estimate of drug-likeness (QED) is 0.619. The molecule has 4 rings (SSSR count). The first kappa shape index (κ1) is 16.6. The van der Waals surface area contributed by atoms with Crippen LogP contribution in [0.1, 0.15) is 29.6 Å². The Morgan fingerprint density at radius 1 is 1.12 bits per heavy atom. The van der Waals surface area contributed by atoms with Gasteiger partial charge in [0.15, 0.2) is 0 Å². The number of hydrogen-bond donors (Lipinski definition) is 1. The highest BCUT2D eigenvalue weighted by Crippen LogP contribution is 2.42. The van der Waals surface area contributed by atoms with E-state index in [2.05, 4.69) is 15.4 Å². The maximum absolute atomic E-state index is 14.5. The molecule has 0 bridgehead atoms. The van der Waals surface area contributed by atoms with E-state index in [1.165, 1.54) is 12.4 Å². The third kappa shape index (κ3) is 2.97. The topological polar surface area (TPSA) is 42.7 Å². The van der Waals surface area contributed by atoms with Crippen molar-refractivity contribution in [2.45, 2.75) is 18.5 Å². The van der Waals surface area contributed by atoms with Crippen molar-refractivity contribution in [1.29, 1.82) is 0 Å². The fourth-order valence-corrected chi connectivity index (χ4v) is 4.01. The first-order valence-electron chi connectivity index (χ1n) is 7.59. The first-order chi connectivity index (χ1) is 12.0. The lowest BCUT2D eigenvalue weighted by atomic mass is 9.93. The van der Waals surface area contributed by atoms with Crippen molar-refractivity contribution >= 4 is 40.8 Å². The molecular formula is C17H12Cl3FN4. The Balaban J connectivity index is 1.81. The summed E-state index contributed by atoms with van der Waals surface area (Å²) in [6.07, 6.45) is 1.94. The molecule has 4 nitrogen and oxygen atoms in total. The summed E-state index contributed by atoms with van der Waals surface area (Å²) < 4.78 is 16.1. The molecule has 2 atom stereocenters. The Morgan fingerprint density at radius 2 is 1.96 bits per heavy atom. The molecule has 0 unspecified atom stereocenters. The Morgan fingerprint density at radius 3 is 2.72 bits per heavy atom. The summed E-state index contributed by atoms with van der Waals surface area (Å²) in [4.78, 5) is 4.22. The second kappa shape index (κ2) is 6.48. The van der Waals surface area contributed by atoms with Crippen LogP contribution >= 0.6 is 34.8 Å². The average molecular weight is 398 g/mol. The smallest absolute Gasteiger partial charge is 0.222 e. The van der Waals surface area contributed by atoms with Gasteiger partial charge >= 0.3 is 0 Å². The lowest BCUT2D eigenvalue weighted by molar-refractivity contribution is 0.416. The molecule has 0 spiro atoms. The third-order valence-corrected chi connectivity index (χ3v) is 5.19. The highest BCUT2D eigenvalue weighted by molar-refractivity contribution is 6.35. The molecule has 128 valence electrons. The molecule has 1 aliphatic rings. The zero-order chi connectivity index (χ0) is 17.6. The maximum atomic E-state index is 14.5. The van der Waals surface area contributed by atoms with Crippen LogP contribution in [0.5, 0.6) is 0 Å². The normalized spacial score (nSPS) is 19.4. The van der Waals surface area contributed by atoms with Crippen molar-refractivity contribution in [1.82, 2.24) is 14.8 Å². The monoisotopic (exact) mass is 396 g/mol. The van der Waals surface area contributed by atoms with Gasteiger partial charge in [-0.3, -0.25) is 0 Å². The summed E-state index contributed by atoms with van der Waals surface area (Å²) in [6.45, 7) is 0. The number of rotatable bonds is 2. The highest BCUT2D eigenvalue weighted by Gasteiger charge is 2.33. The third-order valence-electron chi connectivity index (χ3n) is 4.30. The van der Waals surface area contributed by atoms with Crippen molar-refractivity contribution < 1.29 is 4.39 Å². The number of aromatic nitrogens is 3. The van der Waals surface area contributed by atoms with Crippen LogP contribution in [-0.4, -0.2) is 14.8 Å². The van der Waals surface area contributed by atoms with Crippen LogP contribution in [0.15, 0.2) is 42.7 Å². The fourth-order valence-electron chi connectivity index (χ4n) is 3.18. The number of benzene rings is 2. The molecule has 1 aromatic heterocycles. The van der Waals surface area contributed by atoms with Crippen molar-refractivity contribution in [3.05, 3.63) is 74.7 Å². The lowest BCUT2D eigenvalue weighted by Gasteiger charge is -2.32. The van der Waals surface area contributed by atoms with Crippen LogP contribution < -0.4 is 5.32 Å². The van der Waals surface area contributed by atoms with E-state index in [-0.39, 0.29) is 11.9 Å². The highest BCUT2D eigenvalue weighted by atomic mass is 35.5. The minimum atomic E-state index is -0.399. The van der Waals surface area contributed by atoms with Crippen LogP contribution in [0.3, 0.4) is 0 Å². The Bertz CT molecular complexity index is 923. The average Bonchev–Trinajstić information content (AvgIpc) is 3.03.